The van der Waals surface area contributed by atoms with Gasteiger partial charge in [0.15, 0.2) is 17.3 Å². The van der Waals surface area contributed by atoms with Crippen LogP contribution in [-0.4, -0.2) is 42.1 Å². The molecule has 5 rings (SSSR count). The zero-order valence-corrected chi connectivity index (χ0v) is 22.9. The van der Waals surface area contributed by atoms with Gasteiger partial charge in [0.1, 0.15) is 52.3 Å². The number of hydrogen-bond donors (Lipinski definition) is 2. The molecule has 0 fully saturated rings. The van der Waals surface area contributed by atoms with E-state index in [2.05, 4.69) is 17.2 Å². The van der Waals surface area contributed by atoms with Crippen LogP contribution in [0.2, 0.25) is 0 Å². The molecule has 2 N–H and O–H groups in total. The molecular formula is C32H27NO8. The number of allylic oxidation sites excluding steroid dienone is 2. The van der Waals surface area contributed by atoms with Crippen LogP contribution in [0.1, 0.15) is 42.3 Å². The van der Waals surface area contributed by atoms with E-state index < -0.39 is 34.6 Å². The Morgan fingerprint density at radius 2 is 1.85 bits per heavy atom. The molecule has 2 aliphatic rings. The number of aromatic hydroxyl groups is 1. The normalized spacial score (nSPS) is 18.8. The van der Waals surface area contributed by atoms with Crippen molar-refractivity contribution in [1.82, 2.24) is 5.32 Å². The van der Waals surface area contributed by atoms with Gasteiger partial charge in [-0.25, -0.2) is 0 Å². The van der Waals surface area contributed by atoms with Crippen molar-refractivity contribution in [2.24, 2.45) is 5.92 Å². The number of amides is 1. The van der Waals surface area contributed by atoms with Crippen LogP contribution >= 0.6 is 0 Å². The molecule has 3 aromatic rings. The van der Waals surface area contributed by atoms with Crippen LogP contribution in [-0.2, 0) is 26.3 Å². The van der Waals surface area contributed by atoms with E-state index in [9.17, 15) is 24.3 Å². The molecule has 0 bridgehead atoms. The lowest BCUT2D eigenvalue weighted by Gasteiger charge is -2.30. The Morgan fingerprint density at radius 3 is 2.54 bits per heavy atom. The molecule has 1 aliphatic carbocycles. The van der Waals surface area contributed by atoms with E-state index in [0.29, 0.717) is 5.75 Å². The lowest BCUT2D eigenvalue weighted by molar-refractivity contribution is -0.140. The molecule has 41 heavy (non-hydrogen) atoms. The van der Waals surface area contributed by atoms with E-state index in [-0.39, 0.29) is 47.3 Å². The molecule has 9 nitrogen and oxygen atoms in total. The van der Waals surface area contributed by atoms with Crippen LogP contribution < -0.4 is 19.5 Å². The number of phenols is 1. The number of benzene rings is 3. The summed E-state index contributed by atoms with van der Waals surface area (Å²) in [5.74, 6) is 1.65. The van der Waals surface area contributed by atoms with E-state index >= 15 is 0 Å². The Balaban J connectivity index is 1.52. The predicted molar refractivity (Wildman–Crippen MR) is 149 cm³/mol. The van der Waals surface area contributed by atoms with Crippen LogP contribution in [0.3, 0.4) is 0 Å². The fraction of sp³-hybridized carbons (Fsp3) is 0.250. The molecule has 1 amide bonds. The number of hydrogen-bond acceptors (Lipinski definition) is 8. The minimum atomic E-state index is -1.64. The number of fused-ring (bicyclic) bond motifs is 4. The Morgan fingerprint density at radius 1 is 1.12 bits per heavy atom. The molecule has 0 saturated carbocycles. The van der Waals surface area contributed by atoms with Crippen molar-refractivity contribution in [2.45, 2.75) is 32.7 Å². The largest absolute Gasteiger partial charge is 0.507 e. The van der Waals surface area contributed by atoms with Gasteiger partial charge in [-0.1, -0.05) is 36.3 Å². The van der Waals surface area contributed by atoms with Crippen LogP contribution in [0.25, 0.3) is 10.8 Å². The number of methoxy groups -OCH3 is 1. The summed E-state index contributed by atoms with van der Waals surface area (Å²) in [7, 11) is 1.33. The van der Waals surface area contributed by atoms with Crippen LogP contribution in [0.4, 0.5) is 0 Å². The lowest BCUT2D eigenvalue weighted by Crippen LogP contribution is -2.47. The highest BCUT2D eigenvalue weighted by molar-refractivity contribution is 6.27. The number of rotatable bonds is 7. The van der Waals surface area contributed by atoms with Gasteiger partial charge in [0.2, 0.25) is 0 Å². The van der Waals surface area contributed by atoms with Crippen molar-refractivity contribution in [3.05, 3.63) is 71.0 Å². The van der Waals surface area contributed by atoms with E-state index in [1.165, 1.54) is 20.1 Å². The first-order valence-electron chi connectivity index (χ1n) is 12.9. The van der Waals surface area contributed by atoms with Crippen molar-refractivity contribution in [2.75, 3.05) is 13.7 Å². The Hall–Kier alpha value is -5.10. The molecule has 0 aromatic heterocycles. The highest BCUT2D eigenvalue weighted by atomic mass is 16.5. The van der Waals surface area contributed by atoms with Crippen LogP contribution in [0, 0.1) is 17.8 Å². The highest BCUT2D eigenvalue weighted by Crippen LogP contribution is 2.56. The third-order valence-electron chi connectivity index (χ3n) is 7.49. The van der Waals surface area contributed by atoms with Crippen molar-refractivity contribution >= 4 is 34.0 Å². The monoisotopic (exact) mass is 553 g/mol. The first-order chi connectivity index (χ1) is 19.6. The fourth-order valence-electron chi connectivity index (χ4n) is 5.42. The summed E-state index contributed by atoms with van der Waals surface area (Å²) in [6, 6.07) is 12.5. The molecule has 208 valence electrons. The lowest BCUT2D eigenvalue weighted by atomic mass is 9.67. The number of carbonyl (C=O) groups excluding carboxylic acids is 4. The second kappa shape index (κ2) is 10.5. The fourth-order valence-corrected chi connectivity index (χ4v) is 5.42. The molecular weight excluding hydrogens is 526 g/mol. The zero-order valence-electron chi connectivity index (χ0n) is 22.9. The van der Waals surface area contributed by atoms with Gasteiger partial charge in [0, 0.05) is 24.1 Å². The molecule has 1 unspecified atom stereocenters. The van der Waals surface area contributed by atoms with Gasteiger partial charge in [-0.3, -0.25) is 19.2 Å². The first-order valence-corrected chi connectivity index (χ1v) is 12.9. The number of nitrogens with one attached hydrogen (secondary N) is 1. The summed E-state index contributed by atoms with van der Waals surface area (Å²) in [6.45, 7) is 4.73. The van der Waals surface area contributed by atoms with Gasteiger partial charge in [0.25, 0.3) is 5.91 Å². The summed E-state index contributed by atoms with van der Waals surface area (Å²) in [5, 5.41) is 15.5. The maximum absolute atomic E-state index is 13.7. The second-order valence-corrected chi connectivity index (χ2v) is 9.89. The average molecular weight is 554 g/mol. The molecule has 9 heteroatoms. The molecule has 2 atom stereocenters. The van der Waals surface area contributed by atoms with Gasteiger partial charge in [0.05, 0.1) is 12.7 Å². The zero-order chi connectivity index (χ0) is 29.5. The number of Topliss-reactive ketones (excluding diaryl/α,β-unsaturated/α-hetero) is 2. The van der Waals surface area contributed by atoms with E-state index in [0.717, 1.165) is 29.3 Å². The quantitative estimate of drug-likeness (QED) is 0.334. The average Bonchev–Trinajstić information content (AvgIpc) is 3.25. The number of phenolic OH excluding ortho intramolecular Hbond substituents is 1. The van der Waals surface area contributed by atoms with Crippen molar-refractivity contribution in [3.8, 4) is 34.8 Å². The second-order valence-electron chi connectivity index (χ2n) is 9.89. The molecule has 0 radical (unpaired) electrons. The molecule has 1 aliphatic heterocycles. The summed E-state index contributed by atoms with van der Waals surface area (Å²) in [6.07, 6.45) is 1.09. The molecule has 3 aromatic carbocycles. The summed E-state index contributed by atoms with van der Waals surface area (Å²) in [4.78, 5) is 51.9. The third-order valence-corrected chi connectivity index (χ3v) is 7.49. The predicted octanol–water partition coefficient (Wildman–Crippen LogP) is 3.78. The molecule has 1 heterocycles. The Kier molecular flexibility index (Phi) is 7.01. The maximum atomic E-state index is 13.7. The molecule has 0 spiro atoms. The SMILES string of the molecule is CC#CCOc1ccc(CNC(=O)c2c(OC)cc(O)c3c2OC2=CC(=O)C(C(C)=O)C(=O)[C@]23C)c2ccccc12. The van der Waals surface area contributed by atoms with Gasteiger partial charge >= 0.3 is 0 Å². The number of ketones is 3. The standard InChI is InChI=1S/C32H27NO8/c1-5-6-13-40-23-12-11-18(19-9-7-8-10-20(19)23)16-33-31(38)27-24(39-4)14-22(36)28-29(27)41-25-15-21(35)26(17(2)34)30(37)32(25,28)3/h7-12,14-15,26,36H,13,16H2,1-4H3,(H,33,38)/t26?,32-/m1/s1. The Bertz CT molecular complexity index is 1740. The topological polar surface area (TPSA) is 128 Å². The minimum Gasteiger partial charge on any atom is -0.507 e. The highest BCUT2D eigenvalue weighted by Gasteiger charge is 2.58. The van der Waals surface area contributed by atoms with Gasteiger partial charge in [-0.15, -0.1) is 5.92 Å². The number of carbonyl (C=O) groups is 4. The first kappa shape index (κ1) is 27.5. The van der Waals surface area contributed by atoms with Crippen LogP contribution in [0.5, 0.6) is 23.0 Å². The van der Waals surface area contributed by atoms with Gasteiger partial charge < -0.3 is 24.6 Å². The van der Waals surface area contributed by atoms with E-state index in [4.69, 9.17) is 14.2 Å². The third kappa shape index (κ3) is 4.38. The maximum Gasteiger partial charge on any atom is 0.259 e. The van der Waals surface area contributed by atoms with Gasteiger partial charge in [-0.2, -0.15) is 0 Å². The van der Waals surface area contributed by atoms with Gasteiger partial charge in [-0.05, 0) is 37.8 Å². The van der Waals surface area contributed by atoms with Crippen LogP contribution in [0.15, 0.2) is 54.3 Å². The van der Waals surface area contributed by atoms with Crippen molar-refractivity contribution < 1.29 is 38.5 Å². The summed E-state index contributed by atoms with van der Waals surface area (Å²) < 4.78 is 17.1. The Labute approximate surface area is 236 Å². The summed E-state index contributed by atoms with van der Waals surface area (Å²) in [5.41, 5.74) is -0.884. The minimum absolute atomic E-state index is 0.000537. The van der Waals surface area contributed by atoms with E-state index in [1.807, 2.05) is 36.4 Å². The number of ether oxygens (including phenoxy) is 3. The summed E-state index contributed by atoms with van der Waals surface area (Å²) >= 11 is 0. The van der Waals surface area contributed by atoms with Crippen molar-refractivity contribution in [1.29, 1.82) is 0 Å². The smallest absolute Gasteiger partial charge is 0.259 e. The van der Waals surface area contributed by atoms with E-state index in [1.54, 1.807) is 6.92 Å². The molecule has 0 saturated heterocycles. The van der Waals surface area contributed by atoms with Crippen molar-refractivity contribution in [3.63, 3.8) is 0 Å².